The lowest BCUT2D eigenvalue weighted by Gasteiger charge is -2.24. The fourth-order valence-corrected chi connectivity index (χ4v) is 4.48. The molecule has 0 aliphatic carbocycles. The molecule has 2 aromatic carbocycles. The Labute approximate surface area is 173 Å². The number of amides is 1. The Morgan fingerprint density at radius 3 is 3.03 bits per heavy atom. The van der Waals surface area contributed by atoms with Crippen LogP contribution in [0.1, 0.15) is 35.8 Å². The summed E-state index contributed by atoms with van der Waals surface area (Å²) in [4.78, 5) is 23.2. The Balaban J connectivity index is 1.38. The summed E-state index contributed by atoms with van der Waals surface area (Å²) in [6, 6.07) is 9.78. The lowest BCUT2D eigenvalue weighted by Crippen LogP contribution is -2.32. The summed E-state index contributed by atoms with van der Waals surface area (Å²) in [6.45, 7) is 3.76. The van der Waals surface area contributed by atoms with Crippen LogP contribution in [0.15, 0.2) is 30.3 Å². The molecule has 0 bridgehead atoms. The predicted molar refractivity (Wildman–Crippen MR) is 111 cm³/mol. The molecule has 3 aromatic rings. The van der Waals surface area contributed by atoms with Crippen LogP contribution in [0.2, 0.25) is 5.02 Å². The van der Waals surface area contributed by atoms with Gasteiger partial charge in [0.1, 0.15) is 19.0 Å². The highest BCUT2D eigenvalue weighted by Gasteiger charge is 2.32. The molecule has 3 heterocycles. The number of rotatable bonds is 3. The molecule has 5 rings (SSSR count). The number of imidazole rings is 1. The summed E-state index contributed by atoms with van der Waals surface area (Å²) in [5.74, 6) is 2.09. The van der Waals surface area contributed by atoms with E-state index in [2.05, 4.69) is 24.0 Å². The van der Waals surface area contributed by atoms with Crippen molar-refractivity contribution in [2.75, 3.05) is 19.8 Å². The normalized spacial score (nSPS) is 18.4. The molecular weight excluding hydrogens is 390 g/mol. The summed E-state index contributed by atoms with van der Waals surface area (Å²) in [5, 5.41) is 0.482. The van der Waals surface area contributed by atoms with Crippen molar-refractivity contribution in [2.24, 2.45) is 0 Å². The number of halogens is 1. The fourth-order valence-electron chi connectivity index (χ4n) is 4.19. The number of benzene rings is 2. The third-order valence-corrected chi connectivity index (χ3v) is 5.84. The molecule has 0 spiro atoms. The van der Waals surface area contributed by atoms with Gasteiger partial charge < -0.3 is 19.4 Å². The molecule has 29 heavy (non-hydrogen) atoms. The van der Waals surface area contributed by atoms with Gasteiger partial charge in [0.15, 0.2) is 11.5 Å². The summed E-state index contributed by atoms with van der Waals surface area (Å²) < 4.78 is 11.2. The minimum Gasteiger partial charge on any atom is -0.486 e. The van der Waals surface area contributed by atoms with Crippen LogP contribution >= 0.6 is 11.6 Å². The average Bonchev–Trinajstić information content (AvgIpc) is 3.34. The quantitative estimate of drug-likeness (QED) is 0.701. The van der Waals surface area contributed by atoms with Crippen LogP contribution in [0, 0.1) is 6.92 Å². The van der Waals surface area contributed by atoms with Gasteiger partial charge in [0.05, 0.1) is 28.5 Å². The second kappa shape index (κ2) is 7.26. The molecule has 1 unspecified atom stereocenters. The SMILES string of the molecule is Cc1ccc2nc(C3CCCN3C(=O)Cc3cc(Cl)c4c(c3)OCCO4)[nH]c2c1. The van der Waals surface area contributed by atoms with Crippen molar-refractivity contribution in [1.29, 1.82) is 0 Å². The van der Waals surface area contributed by atoms with Gasteiger partial charge in [0.2, 0.25) is 5.91 Å². The van der Waals surface area contributed by atoms with Crippen LogP contribution in [0.4, 0.5) is 0 Å². The van der Waals surface area contributed by atoms with Crippen molar-refractivity contribution in [3.8, 4) is 11.5 Å². The van der Waals surface area contributed by atoms with Gasteiger partial charge in [-0.2, -0.15) is 0 Å². The number of likely N-dealkylation sites (tertiary alicyclic amines) is 1. The zero-order chi connectivity index (χ0) is 20.0. The van der Waals surface area contributed by atoms with Crippen LogP contribution in [0.25, 0.3) is 11.0 Å². The maximum atomic E-state index is 13.1. The summed E-state index contributed by atoms with van der Waals surface area (Å²) in [7, 11) is 0. The number of aromatic amines is 1. The van der Waals surface area contributed by atoms with Crippen molar-refractivity contribution in [2.45, 2.75) is 32.2 Å². The highest BCUT2D eigenvalue weighted by atomic mass is 35.5. The highest BCUT2D eigenvalue weighted by Crippen LogP contribution is 2.39. The molecule has 1 N–H and O–H groups in total. The first-order valence-electron chi connectivity index (χ1n) is 9.92. The molecule has 2 aliphatic rings. The van der Waals surface area contributed by atoms with E-state index in [0.717, 1.165) is 41.8 Å². The van der Waals surface area contributed by atoms with Crippen LogP contribution in [-0.2, 0) is 11.2 Å². The van der Waals surface area contributed by atoms with E-state index in [1.807, 2.05) is 17.0 Å². The molecule has 7 heteroatoms. The number of carbonyl (C=O) groups is 1. The number of aromatic nitrogens is 2. The van der Waals surface area contributed by atoms with E-state index in [-0.39, 0.29) is 18.4 Å². The molecular formula is C22H22ClN3O3. The van der Waals surface area contributed by atoms with Gasteiger partial charge >= 0.3 is 0 Å². The van der Waals surface area contributed by atoms with Gasteiger partial charge in [-0.15, -0.1) is 0 Å². The van der Waals surface area contributed by atoms with Gasteiger partial charge in [-0.1, -0.05) is 17.7 Å². The number of fused-ring (bicyclic) bond motifs is 2. The number of carbonyl (C=O) groups excluding carboxylic acids is 1. The molecule has 150 valence electrons. The Hall–Kier alpha value is -2.73. The second-order valence-corrected chi connectivity index (χ2v) is 8.07. The number of nitrogens with one attached hydrogen (secondary N) is 1. The number of nitrogens with zero attached hydrogens (tertiary/aromatic N) is 2. The topological polar surface area (TPSA) is 67.5 Å². The molecule has 6 nitrogen and oxygen atoms in total. The number of H-pyrrole nitrogens is 1. The summed E-state index contributed by atoms with van der Waals surface area (Å²) in [5.41, 5.74) is 3.96. The standard InChI is InChI=1S/C22H22ClN3O3/c1-13-4-5-16-17(9-13)25-22(24-16)18-3-2-6-26(18)20(27)12-14-10-15(23)21-19(11-14)28-7-8-29-21/h4-5,9-11,18H,2-3,6-8,12H2,1H3,(H,24,25). The third kappa shape index (κ3) is 3.42. The molecule has 1 fully saturated rings. The number of hydrogen-bond donors (Lipinski definition) is 1. The van der Waals surface area contributed by atoms with Gasteiger partial charge in [-0.25, -0.2) is 4.98 Å². The van der Waals surface area contributed by atoms with Crippen LogP contribution in [-0.4, -0.2) is 40.5 Å². The number of aryl methyl sites for hydroxylation is 1. The monoisotopic (exact) mass is 411 g/mol. The lowest BCUT2D eigenvalue weighted by molar-refractivity contribution is -0.131. The van der Waals surface area contributed by atoms with Crippen LogP contribution in [0.3, 0.4) is 0 Å². The number of hydrogen-bond acceptors (Lipinski definition) is 4. The van der Waals surface area contributed by atoms with E-state index < -0.39 is 0 Å². The van der Waals surface area contributed by atoms with Crippen molar-refractivity contribution >= 4 is 28.5 Å². The summed E-state index contributed by atoms with van der Waals surface area (Å²) in [6.07, 6.45) is 2.15. The second-order valence-electron chi connectivity index (χ2n) is 7.67. The Bertz CT molecular complexity index is 1090. The summed E-state index contributed by atoms with van der Waals surface area (Å²) >= 11 is 6.33. The van der Waals surface area contributed by atoms with E-state index in [4.69, 9.17) is 26.1 Å². The first-order valence-corrected chi connectivity index (χ1v) is 10.3. The van der Waals surface area contributed by atoms with Crippen LogP contribution < -0.4 is 9.47 Å². The first-order chi connectivity index (χ1) is 14.1. The molecule has 1 atom stereocenters. The van der Waals surface area contributed by atoms with E-state index in [1.165, 1.54) is 5.56 Å². The first kappa shape index (κ1) is 18.3. The predicted octanol–water partition coefficient (Wildman–Crippen LogP) is 4.20. The number of ether oxygens (including phenoxy) is 2. The van der Waals surface area contributed by atoms with Crippen molar-refractivity contribution in [3.63, 3.8) is 0 Å². The maximum Gasteiger partial charge on any atom is 0.227 e. The molecule has 1 amide bonds. The molecule has 2 aliphatic heterocycles. The Kier molecular flexibility index (Phi) is 4.59. The minimum atomic E-state index is -0.0251. The van der Waals surface area contributed by atoms with E-state index >= 15 is 0 Å². The van der Waals surface area contributed by atoms with E-state index in [9.17, 15) is 4.79 Å². The fraction of sp³-hybridized carbons (Fsp3) is 0.364. The maximum absolute atomic E-state index is 13.1. The zero-order valence-electron chi connectivity index (χ0n) is 16.2. The van der Waals surface area contributed by atoms with E-state index in [0.29, 0.717) is 29.7 Å². The average molecular weight is 412 g/mol. The third-order valence-electron chi connectivity index (χ3n) is 5.56. The van der Waals surface area contributed by atoms with Crippen LogP contribution in [0.5, 0.6) is 11.5 Å². The van der Waals surface area contributed by atoms with Crippen molar-refractivity contribution in [1.82, 2.24) is 14.9 Å². The zero-order valence-corrected chi connectivity index (χ0v) is 17.0. The molecule has 1 saturated heterocycles. The van der Waals surface area contributed by atoms with Gasteiger partial charge in [0, 0.05) is 6.54 Å². The van der Waals surface area contributed by atoms with Crippen molar-refractivity contribution < 1.29 is 14.3 Å². The minimum absolute atomic E-state index is 0.0251. The smallest absolute Gasteiger partial charge is 0.227 e. The van der Waals surface area contributed by atoms with Gasteiger partial charge in [-0.05, 0) is 55.2 Å². The Morgan fingerprint density at radius 1 is 1.28 bits per heavy atom. The highest BCUT2D eigenvalue weighted by molar-refractivity contribution is 6.32. The molecule has 0 saturated carbocycles. The molecule has 0 radical (unpaired) electrons. The molecule has 1 aromatic heterocycles. The van der Waals surface area contributed by atoms with Gasteiger partial charge in [-0.3, -0.25) is 4.79 Å². The van der Waals surface area contributed by atoms with Gasteiger partial charge in [0.25, 0.3) is 0 Å². The lowest BCUT2D eigenvalue weighted by atomic mass is 10.1. The largest absolute Gasteiger partial charge is 0.486 e. The van der Waals surface area contributed by atoms with Crippen molar-refractivity contribution in [3.05, 3.63) is 52.3 Å². The Morgan fingerprint density at radius 2 is 2.14 bits per heavy atom. The van der Waals surface area contributed by atoms with E-state index in [1.54, 1.807) is 6.07 Å².